The van der Waals surface area contributed by atoms with Crippen LogP contribution in [-0.2, 0) is 11.3 Å². The van der Waals surface area contributed by atoms with E-state index in [0.717, 1.165) is 18.4 Å². The number of carbonyl (C=O) groups is 2. The third-order valence-electron chi connectivity index (χ3n) is 5.43. The van der Waals surface area contributed by atoms with Crippen LogP contribution in [0.3, 0.4) is 0 Å². The van der Waals surface area contributed by atoms with Gasteiger partial charge in [-0.2, -0.15) is 0 Å². The Balaban J connectivity index is 1.55. The van der Waals surface area contributed by atoms with Crippen LogP contribution in [0.2, 0.25) is 0 Å². The maximum absolute atomic E-state index is 13.6. The summed E-state index contributed by atoms with van der Waals surface area (Å²) in [6, 6.07) is 6.30. The van der Waals surface area contributed by atoms with Crippen LogP contribution >= 0.6 is 0 Å². The second-order valence-corrected chi connectivity index (χ2v) is 7.21. The fraction of sp³-hybridized carbons (Fsp3) is 0.400. The summed E-state index contributed by atoms with van der Waals surface area (Å²) < 4.78 is 13.6. The zero-order chi connectivity index (χ0) is 18.8. The van der Waals surface area contributed by atoms with E-state index in [0.29, 0.717) is 31.6 Å². The van der Waals surface area contributed by atoms with Crippen LogP contribution < -0.4 is 0 Å². The number of likely N-dealkylation sites (tertiary alicyclic amines) is 2. The molecule has 2 aliphatic rings. The Hall–Kier alpha value is -2.83. The zero-order valence-electron chi connectivity index (χ0n) is 14.9. The molecule has 6 nitrogen and oxygen atoms in total. The molecular weight excluding hydrogens is 347 g/mol. The molecular formula is C20H21FN4O2. The van der Waals surface area contributed by atoms with Crippen molar-refractivity contribution in [3.63, 3.8) is 0 Å². The first kappa shape index (κ1) is 17.6. The summed E-state index contributed by atoms with van der Waals surface area (Å²) in [7, 11) is 0. The third-order valence-corrected chi connectivity index (χ3v) is 5.43. The number of halogens is 1. The summed E-state index contributed by atoms with van der Waals surface area (Å²) in [6.45, 7) is 1.47. The SMILES string of the molecule is O=C(c1cncnc1)N1C[C@H]2CCCC(=O)N(Cc3cccc(F)c3)[C@H]2C1. The van der Waals surface area contributed by atoms with Gasteiger partial charge in [0.1, 0.15) is 12.1 Å². The Morgan fingerprint density at radius 1 is 1.22 bits per heavy atom. The fourth-order valence-corrected chi connectivity index (χ4v) is 4.13. The molecule has 2 aliphatic heterocycles. The van der Waals surface area contributed by atoms with Crippen LogP contribution in [0.1, 0.15) is 35.2 Å². The maximum atomic E-state index is 13.6. The van der Waals surface area contributed by atoms with Gasteiger partial charge in [0.2, 0.25) is 5.91 Å². The van der Waals surface area contributed by atoms with Crippen LogP contribution in [0.15, 0.2) is 43.0 Å². The van der Waals surface area contributed by atoms with Gasteiger partial charge in [0.25, 0.3) is 5.91 Å². The minimum absolute atomic E-state index is 0.0446. The number of hydrogen-bond acceptors (Lipinski definition) is 4. The molecule has 140 valence electrons. The average Bonchev–Trinajstić information content (AvgIpc) is 3.04. The quantitative estimate of drug-likeness (QED) is 0.834. The van der Waals surface area contributed by atoms with E-state index in [1.807, 2.05) is 11.0 Å². The van der Waals surface area contributed by atoms with Crippen LogP contribution in [0.25, 0.3) is 0 Å². The van der Waals surface area contributed by atoms with Crippen molar-refractivity contribution in [3.05, 3.63) is 59.9 Å². The van der Waals surface area contributed by atoms with Gasteiger partial charge in [-0.1, -0.05) is 12.1 Å². The Bertz CT molecular complexity index is 845. The van der Waals surface area contributed by atoms with Gasteiger partial charge in [-0.3, -0.25) is 9.59 Å². The second kappa shape index (κ2) is 7.42. The van der Waals surface area contributed by atoms with Crippen LogP contribution in [0, 0.1) is 11.7 Å². The fourth-order valence-electron chi connectivity index (χ4n) is 4.13. The van der Waals surface area contributed by atoms with Gasteiger partial charge < -0.3 is 9.80 Å². The number of hydrogen-bond donors (Lipinski definition) is 0. The molecule has 2 saturated heterocycles. The van der Waals surface area contributed by atoms with Gasteiger partial charge in [-0.05, 0) is 36.5 Å². The minimum Gasteiger partial charge on any atom is -0.336 e. The number of carbonyl (C=O) groups excluding carboxylic acids is 2. The van der Waals surface area contributed by atoms with E-state index < -0.39 is 0 Å². The second-order valence-electron chi connectivity index (χ2n) is 7.21. The van der Waals surface area contributed by atoms with Crippen molar-refractivity contribution in [1.29, 1.82) is 0 Å². The first-order valence-electron chi connectivity index (χ1n) is 9.20. The zero-order valence-corrected chi connectivity index (χ0v) is 14.9. The van der Waals surface area contributed by atoms with Crippen molar-refractivity contribution in [2.75, 3.05) is 13.1 Å². The molecule has 3 heterocycles. The molecule has 1 aromatic carbocycles. The van der Waals surface area contributed by atoms with Gasteiger partial charge in [0, 0.05) is 38.4 Å². The lowest BCUT2D eigenvalue weighted by atomic mass is 9.98. The number of benzene rings is 1. The largest absolute Gasteiger partial charge is 0.336 e. The Morgan fingerprint density at radius 3 is 2.81 bits per heavy atom. The van der Waals surface area contributed by atoms with E-state index in [4.69, 9.17) is 0 Å². The minimum atomic E-state index is -0.307. The Kier molecular flexibility index (Phi) is 4.83. The number of nitrogens with zero attached hydrogens (tertiary/aromatic N) is 4. The van der Waals surface area contributed by atoms with Crippen LogP contribution in [-0.4, -0.2) is 50.7 Å². The van der Waals surface area contributed by atoms with Crippen molar-refractivity contribution in [2.45, 2.75) is 31.8 Å². The summed E-state index contributed by atoms with van der Waals surface area (Å²) in [5, 5.41) is 0. The molecule has 0 radical (unpaired) electrons. The van der Waals surface area contributed by atoms with Gasteiger partial charge in [-0.15, -0.1) is 0 Å². The van der Waals surface area contributed by atoms with Crippen molar-refractivity contribution >= 4 is 11.8 Å². The first-order chi connectivity index (χ1) is 13.1. The molecule has 0 N–H and O–H groups in total. The molecule has 0 bridgehead atoms. The lowest BCUT2D eigenvalue weighted by Crippen LogP contribution is -2.43. The maximum Gasteiger partial charge on any atom is 0.257 e. The highest BCUT2D eigenvalue weighted by Gasteiger charge is 2.42. The molecule has 0 saturated carbocycles. The number of fused-ring (bicyclic) bond motifs is 1. The van der Waals surface area contributed by atoms with Gasteiger partial charge in [0.05, 0.1) is 11.6 Å². The van der Waals surface area contributed by atoms with Gasteiger partial charge in [-0.25, -0.2) is 14.4 Å². The Labute approximate surface area is 157 Å². The van der Waals surface area contributed by atoms with Crippen LogP contribution in [0.5, 0.6) is 0 Å². The summed E-state index contributed by atoms with van der Waals surface area (Å²) in [5.74, 6) is -0.108. The average molecular weight is 368 g/mol. The molecule has 27 heavy (non-hydrogen) atoms. The summed E-state index contributed by atoms with van der Waals surface area (Å²) in [4.78, 5) is 36.9. The lowest BCUT2D eigenvalue weighted by Gasteiger charge is -2.30. The lowest BCUT2D eigenvalue weighted by molar-refractivity contribution is -0.133. The molecule has 2 aromatic rings. The molecule has 0 aliphatic carbocycles. The van der Waals surface area contributed by atoms with Crippen LogP contribution in [0.4, 0.5) is 4.39 Å². The smallest absolute Gasteiger partial charge is 0.257 e. The summed E-state index contributed by atoms with van der Waals surface area (Å²) in [6.07, 6.45) is 6.65. The standard InChI is InChI=1S/C20H21FN4O2/c21-17-5-1-3-14(7-17)10-25-18-12-24(11-15(18)4-2-6-19(25)26)20(27)16-8-22-13-23-9-16/h1,3,5,7-9,13,15,18H,2,4,6,10-12H2/t15-,18+/m1/s1. The molecule has 1 aromatic heterocycles. The van der Waals surface area contributed by atoms with E-state index >= 15 is 0 Å². The topological polar surface area (TPSA) is 66.4 Å². The molecule has 0 unspecified atom stereocenters. The van der Waals surface area contributed by atoms with E-state index in [1.165, 1.54) is 30.9 Å². The summed E-state index contributed by atoms with van der Waals surface area (Å²) >= 11 is 0. The molecule has 2 atom stereocenters. The summed E-state index contributed by atoms with van der Waals surface area (Å²) in [5.41, 5.74) is 1.22. The molecule has 2 amide bonds. The molecule has 2 fully saturated rings. The number of amides is 2. The predicted molar refractivity (Wildman–Crippen MR) is 96.0 cm³/mol. The highest BCUT2D eigenvalue weighted by molar-refractivity contribution is 5.94. The highest BCUT2D eigenvalue weighted by atomic mass is 19.1. The molecule has 0 spiro atoms. The van der Waals surface area contributed by atoms with Crippen molar-refractivity contribution in [2.24, 2.45) is 5.92 Å². The van der Waals surface area contributed by atoms with Crippen molar-refractivity contribution < 1.29 is 14.0 Å². The van der Waals surface area contributed by atoms with Crippen molar-refractivity contribution in [3.8, 4) is 0 Å². The predicted octanol–water partition coefficient (Wildman–Crippen LogP) is 2.27. The first-order valence-corrected chi connectivity index (χ1v) is 9.20. The van der Waals surface area contributed by atoms with E-state index in [2.05, 4.69) is 9.97 Å². The number of aromatic nitrogens is 2. The monoisotopic (exact) mass is 368 g/mol. The third kappa shape index (κ3) is 3.67. The van der Waals surface area contributed by atoms with E-state index in [9.17, 15) is 14.0 Å². The van der Waals surface area contributed by atoms with E-state index in [-0.39, 0.29) is 29.6 Å². The molecule has 7 heteroatoms. The highest BCUT2D eigenvalue weighted by Crippen LogP contribution is 2.32. The normalized spacial score (nSPS) is 22.5. The van der Waals surface area contributed by atoms with Gasteiger partial charge in [0.15, 0.2) is 0 Å². The number of rotatable bonds is 3. The van der Waals surface area contributed by atoms with E-state index in [1.54, 1.807) is 11.0 Å². The van der Waals surface area contributed by atoms with Gasteiger partial charge >= 0.3 is 0 Å². The Morgan fingerprint density at radius 2 is 2.04 bits per heavy atom. The molecule has 4 rings (SSSR count). The van der Waals surface area contributed by atoms with Crippen molar-refractivity contribution in [1.82, 2.24) is 19.8 Å².